The van der Waals surface area contributed by atoms with Crippen LogP contribution in [-0.2, 0) is 75.0 Å². The third-order valence-corrected chi connectivity index (χ3v) is 10.1. The Balaban J connectivity index is 1.38. The van der Waals surface area contributed by atoms with E-state index in [9.17, 15) is 14.4 Å². The van der Waals surface area contributed by atoms with Gasteiger partial charge >= 0.3 is 5.97 Å². The second-order valence-corrected chi connectivity index (χ2v) is 14.7. The van der Waals surface area contributed by atoms with Crippen LogP contribution >= 0.6 is 0 Å². The van der Waals surface area contributed by atoms with Crippen molar-refractivity contribution in [2.75, 3.05) is 19.8 Å². The maximum atomic E-state index is 13.1. The molecule has 0 radical (unpaired) electrons. The predicted molar refractivity (Wildman–Crippen MR) is 215 cm³/mol. The van der Waals surface area contributed by atoms with Crippen LogP contribution in [0.1, 0.15) is 57.6 Å². The van der Waals surface area contributed by atoms with Crippen molar-refractivity contribution in [3.63, 3.8) is 0 Å². The Bertz CT molecular complexity index is 1820. The fourth-order valence-corrected chi connectivity index (χ4v) is 7.42. The summed E-state index contributed by atoms with van der Waals surface area (Å²) in [6, 6.07) is 26.8. The molecule has 0 aliphatic carbocycles. The van der Waals surface area contributed by atoms with Crippen molar-refractivity contribution in [2.24, 2.45) is 0 Å². The van der Waals surface area contributed by atoms with Gasteiger partial charge in [0.15, 0.2) is 18.7 Å². The van der Waals surface area contributed by atoms with E-state index in [1.807, 2.05) is 91.0 Å². The van der Waals surface area contributed by atoms with Crippen LogP contribution in [0.3, 0.4) is 0 Å². The first-order valence-corrected chi connectivity index (χ1v) is 20.3. The standard InChI is InChI=1S/C45H56N2O13/c1-6-23-53-44-37(47-30(5)49)41(56-28(3)42(50)52-7-2)39(34(57-44)26-51-24-31-17-11-8-12-18-31)60-45-36(46-29(4)48)40(54-25-32-19-13-9-14-20-32)38-35(58-45)27-55-43(59-38)33-21-15-10-16-22-33/h6,8-23,28,34-41,43-45H,7,24-27H2,1-5H3,(H,46,48)(H,47,49)/b23-6+/t28-,34-,35-,36-,37-,38-,39-,40-,41-,43-,44+,45+/m1/s1. The summed E-state index contributed by atoms with van der Waals surface area (Å²) in [6.07, 6.45) is -6.60. The highest BCUT2D eigenvalue weighted by atomic mass is 16.8. The van der Waals surface area contributed by atoms with Gasteiger partial charge in [-0.25, -0.2) is 4.79 Å². The summed E-state index contributed by atoms with van der Waals surface area (Å²) in [6.45, 7) is 8.34. The van der Waals surface area contributed by atoms with Gasteiger partial charge in [-0.3, -0.25) is 9.59 Å². The number of hydrogen-bond donors (Lipinski definition) is 2. The van der Waals surface area contributed by atoms with E-state index < -0.39 is 85.6 Å². The number of allylic oxidation sites excluding steroid dienone is 1. The van der Waals surface area contributed by atoms with Gasteiger partial charge in [0.05, 0.1) is 39.3 Å². The van der Waals surface area contributed by atoms with E-state index in [2.05, 4.69) is 10.6 Å². The van der Waals surface area contributed by atoms with E-state index in [0.717, 1.165) is 16.7 Å². The number of ether oxygens (including phenoxy) is 10. The molecule has 2 N–H and O–H groups in total. The van der Waals surface area contributed by atoms with E-state index in [1.54, 1.807) is 26.8 Å². The zero-order chi connectivity index (χ0) is 42.4. The lowest BCUT2D eigenvalue weighted by atomic mass is 9.93. The minimum atomic E-state index is -1.24. The second-order valence-electron chi connectivity index (χ2n) is 14.7. The van der Waals surface area contributed by atoms with E-state index in [4.69, 9.17) is 47.4 Å². The van der Waals surface area contributed by atoms with Crippen LogP contribution in [-0.4, -0.2) is 105 Å². The Labute approximate surface area is 350 Å². The molecule has 12 atom stereocenters. The number of hydrogen-bond acceptors (Lipinski definition) is 13. The molecule has 0 bridgehead atoms. The number of carbonyl (C=O) groups excluding carboxylic acids is 3. The van der Waals surface area contributed by atoms with Crippen molar-refractivity contribution in [3.05, 3.63) is 120 Å². The van der Waals surface area contributed by atoms with Crippen LogP contribution in [0.5, 0.6) is 0 Å². The predicted octanol–water partition coefficient (Wildman–Crippen LogP) is 4.63. The summed E-state index contributed by atoms with van der Waals surface area (Å²) in [5.41, 5.74) is 2.62. The van der Waals surface area contributed by atoms with Gasteiger partial charge < -0.3 is 58.0 Å². The molecular weight excluding hydrogens is 776 g/mol. The highest BCUT2D eigenvalue weighted by Crippen LogP contribution is 2.38. The van der Waals surface area contributed by atoms with E-state index in [1.165, 1.54) is 20.1 Å². The second kappa shape index (κ2) is 22.2. The van der Waals surface area contributed by atoms with Gasteiger partial charge in [-0.2, -0.15) is 0 Å². The molecule has 3 aromatic carbocycles. The third-order valence-electron chi connectivity index (χ3n) is 10.1. The van der Waals surface area contributed by atoms with Gasteiger partial charge in [0.1, 0.15) is 48.7 Å². The van der Waals surface area contributed by atoms with Gasteiger partial charge in [0, 0.05) is 19.4 Å². The zero-order valence-electron chi connectivity index (χ0n) is 34.6. The van der Waals surface area contributed by atoms with E-state index >= 15 is 0 Å². The quantitative estimate of drug-likeness (QED) is 0.135. The summed E-state index contributed by atoms with van der Waals surface area (Å²) < 4.78 is 63.9. The molecule has 0 saturated carbocycles. The Morgan fingerprint density at radius 2 is 1.40 bits per heavy atom. The molecule has 3 aliphatic rings. The molecule has 3 fully saturated rings. The van der Waals surface area contributed by atoms with Crippen molar-refractivity contribution in [3.8, 4) is 0 Å². The number of fused-ring (bicyclic) bond motifs is 1. The first-order chi connectivity index (χ1) is 29.1. The molecular formula is C45H56N2O13. The summed E-state index contributed by atoms with van der Waals surface area (Å²) in [4.78, 5) is 39.0. The molecule has 6 rings (SSSR count). The lowest BCUT2D eigenvalue weighted by Gasteiger charge is -2.52. The van der Waals surface area contributed by atoms with Crippen molar-refractivity contribution in [1.29, 1.82) is 0 Å². The van der Waals surface area contributed by atoms with Crippen LogP contribution < -0.4 is 10.6 Å². The molecule has 0 aromatic heterocycles. The average Bonchev–Trinajstić information content (AvgIpc) is 3.25. The molecule has 3 aromatic rings. The van der Waals surface area contributed by atoms with Crippen molar-refractivity contribution in [2.45, 2.75) is 122 Å². The SMILES string of the molecule is C/C=C/O[C@H]1O[C@H](COCc2ccccc2)[C@@H](O[C@@H]2O[C@@H]3CO[C@@H](c4ccccc4)O[C@H]3[C@H](OCc3ccccc3)[C@H]2NC(C)=O)[C@H](O[C@H](C)C(=O)OCC)[C@H]1NC(C)=O. The van der Waals surface area contributed by atoms with Gasteiger partial charge in [-0.1, -0.05) is 97.1 Å². The fraction of sp³-hybridized carbons (Fsp3) is 0.489. The maximum Gasteiger partial charge on any atom is 0.334 e. The zero-order valence-corrected chi connectivity index (χ0v) is 34.6. The number of nitrogens with one attached hydrogen (secondary N) is 2. The molecule has 2 amide bonds. The fourth-order valence-electron chi connectivity index (χ4n) is 7.42. The molecule has 3 heterocycles. The summed E-state index contributed by atoms with van der Waals surface area (Å²) in [7, 11) is 0. The minimum Gasteiger partial charge on any atom is -0.471 e. The Kier molecular flexibility index (Phi) is 16.6. The summed E-state index contributed by atoms with van der Waals surface area (Å²) in [5.74, 6) is -1.42. The number of carbonyl (C=O) groups is 3. The molecule has 15 nitrogen and oxygen atoms in total. The van der Waals surface area contributed by atoms with Crippen LogP contribution in [0, 0.1) is 0 Å². The van der Waals surface area contributed by atoms with Crippen LogP contribution in [0.2, 0.25) is 0 Å². The molecule has 324 valence electrons. The van der Waals surface area contributed by atoms with Gasteiger partial charge in [-0.05, 0) is 31.9 Å². The molecule has 15 heteroatoms. The minimum absolute atomic E-state index is 0.0435. The monoisotopic (exact) mass is 832 g/mol. The lowest BCUT2D eigenvalue weighted by Crippen LogP contribution is -2.71. The summed E-state index contributed by atoms with van der Waals surface area (Å²) >= 11 is 0. The van der Waals surface area contributed by atoms with E-state index in [-0.39, 0.29) is 38.9 Å². The van der Waals surface area contributed by atoms with Crippen molar-refractivity contribution >= 4 is 17.8 Å². The topological polar surface area (TPSA) is 168 Å². The Morgan fingerprint density at radius 3 is 2.02 bits per heavy atom. The molecule has 3 saturated heterocycles. The average molecular weight is 833 g/mol. The Hall–Kier alpha value is -4.71. The maximum absolute atomic E-state index is 13.1. The van der Waals surface area contributed by atoms with E-state index in [0.29, 0.717) is 0 Å². The lowest BCUT2D eigenvalue weighted by molar-refractivity contribution is -0.370. The smallest absolute Gasteiger partial charge is 0.334 e. The number of rotatable bonds is 18. The van der Waals surface area contributed by atoms with Gasteiger partial charge in [-0.15, -0.1) is 0 Å². The number of esters is 1. The van der Waals surface area contributed by atoms with Crippen LogP contribution in [0.25, 0.3) is 0 Å². The van der Waals surface area contributed by atoms with Gasteiger partial charge in [0.25, 0.3) is 0 Å². The first kappa shape index (κ1) is 44.8. The third kappa shape index (κ3) is 12.0. The normalized spacial score (nSPS) is 29.5. The number of amides is 2. The van der Waals surface area contributed by atoms with Gasteiger partial charge in [0.2, 0.25) is 18.1 Å². The molecule has 3 aliphatic heterocycles. The summed E-state index contributed by atoms with van der Waals surface area (Å²) in [5, 5.41) is 5.92. The molecule has 0 spiro atoms. The molecule has 60 heavy (non-hydrogen) atoms. The number of benzene rings is 3. The van der Waals surface area contributed by atoms with Crippen molar-refractivity contribution in [1.82, 2.24) is 10.6 Å². The van der Waals surface area contributed by atoms with Crippen LogP contribution in [0.4, 0.5) is 0 Å². The Morgan fingerprint density at radius 1 is 0.783 bits per heavy atom. The highest BCUT2D eigenvalue weighted by Gasteiger charge is 2.56. The largest absolute Gasteiger partial charge is 0.471 e. The highest BCUT2D eigenvalue weighted by molar-refractivity contribution is 5.74. The van der Waals surface area contributed by atoms with Crippen molar-refractivity contribution < 1.29 is 61.8 Å². The van der Waals surface area contributed by atoms with Crippen LogP contribution in [0.15, 0.2) is 103 Å². The molecule has 0 unspecified atom stereocenters. The first-order valence-electron chi connectivity index (χ1n) is 20.3.